The topological polar surface area (TPSA) is 97.5 Å². The molecular formula is C18H22N2O5. The predicted octanol–water partition coefficient (Wildman–Crippen LogP) is 1.95. The summed E-state index contributed by atoms with van der Waals surface area (Å²) < 4.78 is 9.71. The summed E-state index contributed by atoms with van der Waals surface area (Å²) in [7, 11) is 1.17. The molecule has 2 N–H and O–H groups in total. The lowest BCUT2D eigenvalue weighted by molar-refractivity contribution is -0.153. The molecule has 0 saturated carbocycles. The molecule has 7 nitrogen and oxygen atoms in total. The highest BCUT2D eigenvalue weighted by Gasteiger charge is 2.21. The molecule has 0 aliphatic heterocycles. The molecule has 2 aromatic rings. The SMILES string of the molecule is COC(=O)C(=O)c1c[nH]c2c(CNCC(=O)OC(C)(C)C)cccc12. The standard InChI is InChI=1S/C18H22N2O5/c1-18(2,3)25-14(21)10-19-8-11-6-5-7-12-13(9-20-15(11)12)16(22)17(23)24-4/h5-7,9,19-20H,8,10H2,1-4H3. The molecule has 1 heterocycles. The fourth-order valence-corrected chi connectivity index (χ4v) is 2.43. The Labute approximate surface area is 145 Å². The van der Waals surface area contributed by atoms with Gasteiger partial charge in [0.05, 0.1) is 24.7 Å². The van der Waals surface area contributed by atoms with Crippen LogP contribution in [0.1, 0.15) is 36.7 Å². The summed E-state index contributed by atoms with van der Waals surface area (Å²) in [5.74, 6) is -1.95. The van der Waals surface area contributed by atoms with Gasteiger partial charge in [-0.15, -0.1) is 0 Å². The Hall–Kier alpha value is -2.67. The first-order valence-corrected chi connectivity index (χ1v) is 7.87. The summed E-state index contributed by atoms with van der Waals surface area (Å²) >= 11 is 0. The molecule has 0 aliphatic carbocycles. The minimum atomic E-state index is -0.908. The van der Waals surface area contributed by atoms with E-state index in [0.29, 0.717) is 11.9 Å². The first-order chi connectivity index (χ1) is 11.7. The number of H-pyrrole nitrogens is 1. The van der Waals surface area contributed by atoms with E-state index in [-0.39, 0.29) is 18.1 Å². The molecule has 7 heteroatoms. The van der Waals surface area contributed by atoms with Gasteiger partial charge in [0.25, 0.3) is 5.78 Å². The molecule has 0 unspecified atom stereocenters. The minimum absolute atomic E-state index is 0.0717. The van der Waals surface area contributed by atoms with Crippen molar-refractivity contribution < 1.29 is 23.9 Å². The van der Waals surface area contributed by atoms with Crippen LogP contribution in [0.3, 0.4) is 0 Å². The highest BCUT2D eigenvalue weighted by atomic mass is 16.6. The van der Waals surface area contributed by atoms with Gasteiger partial charge in [0, 0.05) is 18.1 Å². The van der Waals surface area contributed by atoms with Crippen molar-refractivity contribution in [3.63, 3.8) is 0 Å². The number of para-hydroxylation sites is 1. The van der Waals surface area contributed by atoms with E-state index in [4.69, 9.17) is 4.74 Å². The second kappa shape index (κ2) is 7.48. The summed E-state index contributed by atoms with van der Waals surface area (Å²) in [4.78, 5) is 38.2. The van der Waals surface area contributed by atoms with Gasteiger partial charge in [-0.1, -0.05) is 18.2 Å². The number of Topliss-reactive ketones (excluding diaryl/α,β-unsaturated/α-hetero) is 1. The molecule has 25 heavy (non-hydrogen) atoms. The number of benzene rings is 1. The number of nitrogens with one attached hydrogen (secondary N) is 2. The van der Waals surface area contributed by atoms with E-state index in [2.05, 4.69) is 15.0 Å². The molecule has 2 rings (SSSR count). The van der Waals surface area contributed by atoms with Crippen molar-refractivity contribution in [3.05, 3.63) is 35.5 Å². The zero-order valence-corrected chi connectivity index (χ0v) is 14.8. The third kappa shape index (κ3) is 4.67. The number of rotatable bonds is 6. The van der Waals surface area contributed by atoms with Gasteiger partial charge in [0.1, 0.15) is 5.60 Å². The van der Waals surface area contributed by atoms with Crippen LogP contribution in [0.2, 0.25) is 0 Å². The summed E-state index contributed by atoms with van der Waals surface area (Å²) in [6.07, 6.45) is 1.49. The maximum Gasteiger partial charge on any atom is 0.379 e. The van der Waals surface area contributed by atoms with Crippen LogP contribution in [0.25, 0.3) is 10.9 Å². The monoisotopic (exact) mass is 346 g/mol. The fraction of sp³-hybridized carbons (Fsp3) is 0.389. The van der Waals surface area contributed by atoms with E-state index in [9.17, 15) is 14.4 Å². The number of esters is 2. The maximum atomic E-state index is 12.0. The molecule has 0 amide bonds. The van der Waals surface area contributed by atoms with Crippen LogP contribution < -0.4 is 5.32 Å². The van der Waals surface area contributed by atoms with Gasteiger partial charge in [0.15, 0.2) is 0 Å². The number of hydrogen-bond donors (Lipinski definition) is 2. The van der Waals surface area contributed by atoms with E-state index in [1.807, 2.05) is 26.8 Å². The first-order valence-electron chi connectivity index (χ1n) is 7.87. The van der Waals surface area contributed by atoms with E-state index in [1.165, 1.54) is 13.3 Å². The van der Waals surface area contributed by atoms with E-state index >= 15 is 0 Å². The predicted molar refractivity (Wildman–Crippen MR) is 92.2 cm³/mol. The van der Waals surface area contributed by atoms with Crippen LogP contribution in [0.5, 0.6) is 0 Å². The Bertz CT molecular complexity index is 801. The summed E-state index contributed by atoms with van der Waals surface area (Å²) in [6, 6.07) is 5.40. The molecule has 0 spiro atoms. The number of aromatic nitrogens is 1. The lowest BCUT2D eigenvalue weighted by atomic mass is 10.1. The Morgan fingerprint density at radius 1 is 1.20 bits per heavy atom. The van der Waals surface area contributed by atoms with Crippen LogP contribution >= 0.6 is 0 Å². The lowest BCUT2D eigenvalue weighted by Gasteiger charge is -2.19. The van der Waals surface area contributed by atoms with Crippen LogP contribution in [-0.2, 0) is 25.6 Å². The number of fused-ring (bicyclic) bond motifs is 1. The third-order valence-electron chi connectivity index (χ3n) is 3.42. The summed E-state index contributed by atoms with van der Waals surface area (Å²) in [5.41, 5.74) is 1.33. The number of aromatic amines is 1. The quantitative estimate of drug-likeness (QED) is 0.471. The van der Waals surface area contributed by atoms with Gasteiger partial charge in [-0.3, -0.25) is 9.59 Å². The average Bonchev–Trinajstić information content (AvgIpc) is 2.96. The van der Waals surface area contributed by atoms with Crippen molar-refractivity contribution in [3.8, 4) is 0 Å². The van der Waals surface area contributed by atoms with E-state index in [0.717, 1.165) is 11.1 Å². The van der Waals surface area contributed by atoms with Crippen molar-refractivity contribution in [2.24, 2.45) is 0 Å². The first kappa shape index (κ1) is 18.7. The molecule has 0 fully saturated rings. The molecule has 0 atom stereocenters. The third-order valence-corrected chi connectivity index (χ3v) is 3.42. The van der Waals surface area contributed by atoms with Crippen LogP contribution in [0.15, 0.2) is 24.4 Å². The number of ketones is 1. The molecule has 0 bridgehead atoms. The van der Waals surface area contributed by atoms with Gasteiger partial charge >= 0.3 is 11.9 Å². The number of ether oxygens (including phenoxy) is 2. The zero-order chi connectivity index (χ0) is 18.6. The van der Waals surface area contributed by atoms with Crippen LogP contribution in [-0.4, -0.2) is 42.0 Å². The summed E-state index contributed by atoms with van der Waals surface area (Å²) in [5, 5.41) is 3.65. The van der Waals surface area contributed by atoms with Gasteiger partial charge in [-0.05, 0) is 26.3 Å². The fourth-order valence-electron chi connectivity index (χ4n) is 2.43. The van der Waals surface area contributed by atoms with Gasteiger partial charge in [-0.2, -0.15) is 0 Å². The number of carbonyl (C=O) groups excluding carboxylic acids is 3. The molecule has 0 aliphatic rings. The van der Waals surface area contributed by atoms with Crippen LogP contribution in [0, 0.1) is 0 Å². The Morgan fingerprint density at radius 2 is 1.92 bits per heavy atom. The smallest absolute Gasteiger partial charge is 0.379 e. The number of hydrogen-bond acceptors (Lipinski definition) is 6. The van der Waals surface area contributed by atoms with Crippen molar-refractivity contribution in [2.45, 2.75) is 32.9 Å². The highest BCUT2D eigenvalue weighted by molar-refractivity contribution is 6.43. The average molecular weight is 346 g/mol. The van der Waals surface area contributed by atoms with Gasteiger partial charge in [-0.25, -0.2) is 4.79 Å². The van der Waals surface area contributed by atoms with Gasteiger partial charge < -0.3 is 19.8 Å². The van der Waals surface area contributed by atoms with Gasteiger partial charge in [0.2, 0.25) is 0 Å². The molecule has 0 radical (unpaired) electrons. The molecular weight excluding hydrogens is 324 g/mol. The highest BCUT2D eigenvalue weighted by Crippen LogP contribution is 2.22. The minimum Gasteiger partial charge on any atom is -0.463 e. The Morgan fingerprint density at radius 3 is 2.56 bits per heavy atom. The lowest BCUT2D eigenvalue weighted by Crippen LogP contribution is -2.31. The van der Waals surface area contributed by atoms with Crippen molar-refractivity contribution in [2.75, 3.05) is 13.7 Å². The Balaban J connectivity index is 2.10. The molecule has 1 aromatic carbocycles. The van der Waals surface area contributed by atoms with Crippen molar-refractivity contribution >= 4 is 28.6 Å². The normalized spacial score (nSPS) is 11.4. The van der Waals surface area contributed by atoms with Crippen molar-refractivity contribution in [1.29, 1.82) is 0 Å². The molecule has 0 saturated heterocycles. The zero-order valence-electron chi connectivity index (χ0n) is 14.8. The second-order valence-electron chi connectivity index (χ2n) is 6.55. The van der Waals surface area contributed by atoms with E-state index in [1.54, 1.807) is 12.1 Å². The summed E-state index contributed by atoms with van der Waals surface area (Å²) in [6.45, 7) is 5.91. The second-order valence-corrected chi connectivity index (χ2v) is 6.55. The molecule has 134 valence electrons. The van der Waals surface area contributed by atoms with Crippen LogP contribution in [0.4, 0.5) is 0 Å². The Kier molecular flexibility index (Phi) is 5.58. The number of methoxy groups -OCH3 is 1. The largest absolute Gasteiger partial charge is 0.463 e. The van der Waals surface area contributed by atoms with E-state index < -0.39 is 17.4 Å². The number of carbonyl (C=O) groups is 3. The van der Waals surface area contributed by atoms with Crippen molar-refractivity contribution in [1.82, 2.24) is 10.3 Å². The maximum absolute atomic E-state index is 12.0. The molecule has 1 aromatic heterocycles.